The molecule has 0 saturated heterocycles. The number of carbonyl (C=O) groups is 14. The van der Waals surface area contributed by atoms with Gasteiger partial charge in [-0.2, -0.15) is 0 Å². The van der Waals surface area contributed by atoms with Crippen molar-refractivity contribution in [1.29, 1.82) is 0 Å². The molecule has 0 saturated carbocycles. The molecule has 0 heterocycles. The largest absolute Gasteiger partial charge is 0.481 e. The van der Waals surface area contributed by atoms with Gasteiger partial charge in [0, 0.05) is 38.6 Å². The summed E-state index contributed by atoms with van der Waals surface area (Å²) in [5.41, 5.74) is 22.7. The molecule has 2 aromatic rings. The molecule has 24 N–H and O–H groups in total. The molecule has 87 heavy (non-hydrogen) atoms. The topological polar surface area (TPSA) is 605 Å². The van der Waals surface area contributed by atoms with Crippen LogP contribution in [0.2, 0.25) is 0 Å². The van der Waals surface area contributed by atoms with Crippen molar-refractivity contribution in [3.05, 3.63) is 71.8 Å². The first-order valence-electron chi connectivity index (χ1n) is 26.7. The van der Waals surface area contributed by atoms with Gasteiger partial charge in [-0.1, -0.05) is 60.7 Å². The minimum Gasteiger partial charge on any atom is -0.481 e. The fourth-order valence-corrected chi connectivity index (χ4v) is 7.81. The van der Waals surface area contributed by atoms with Crippen LogP contribution in [0.1, 0.15) is 68.9 Å². The Hall–Kier alpha value is -9.87. The van der Waals surface area contributed by atoms with Gasteiger partial charge in [-0.3, -0.25) is 67.3 Å². The first-order valence-corrected chi connectivity index (χ1v) is 26.7. The van der Waals surface area contributed by atoms with Gasteiger partial charge in [0.15, 0.2) is 5.96 Å². The molecule has 35 nitrogen and oxygen atoms in total. The van der Waals surface area contributed by atoms with E-state index in [4.69, 9.17) is 22.9 Å². The Balaban J connectivity index is 2.39. The molecule has 2 rings (SSSR count). The number of aliphatic hydroxyl groups excluding tert-OH is 3. The summed E-state index contributed by atoms with van der Waals surface area (Å²) in [5, 5.41) is 88.1. The van der Waals surface area contributed by atoms with Crippen molar-refractivity contribution in [2.45, 2.75) is 131 Å². The molecular formula is C52H74N14O21. The molecule has 0 unspecified atom stereocenters. The Kier molecular flexibility index (Phi) is 32.1. The summed E-state index contributed by atoms with van der Waals surface area (Å²) < 4.78 is 0. The highest BCUT2D eigenvalue weighted by Gasteiger charge is 2.36. The fourth-order valence-electron chi connectivity index (χ4n) is 7.81. The number of aliphatic hydroxyl groups is 3. The Bertz CT molecular complexity index is 2760. The molecule has 0 spiro atoms. The quantitative estimate of drug-likeness (QED) is 0.0167. The zero-order valence-corrected chi connectivity index (χ0v) is 46.8. The third-order valence-corrected chi connectivity index (χ3v) is 12.4. The second kappa shape index (κ2) is 38.2. The first-order chi connectivity index (χ1) is 41.1. The molecule has 0 fully saturated rings. The van der Waals surface area contributed by atoms with Crippen molar-refractivity contribution < 1.29 is 103 Å². The van der Waals surface area contributed by atoms with Gasteiger partial charge in [0.1, 0.15) is 54.4 Å². The van der Waals surface area contributed by atoms with E-state index in [0.717, 1.165) is 0 Å². The summed E-state index contributed by atoms with van der Waals surface area (Å²) in [4.78, 5) is 185. The van der Waals surface area contributed by atoms with Gasteiger partial charge in [0.25, 0.3) is 0 Å². The Labute approximate surface area is 495 Å². The van der Waals surface area contributed by atoms with Crippen LogP contribution in [-0.2, 0) is 80.0 Å². The molecule has 0 bridgehead atoms. The van der Waals surface area contributed by atoms with Gasteiger partial charge in [-0.25, -0.2) is 4.79 Å². The number of benzene rings is 2. The molecule has 10 atom stereocenters. The van der Waals surface area contributed by atoms with Crippen molar-refractivity contribution >= 4 is 88.9 Å². The number of hydrogen-bond donors (Lipinski definition) is 20. The van der Waals surface area contributed by atoms with Crippen LogP contribution in [0.15, 0.2) is 65.7 Å². The van der Waals surface area contributed by atoms with Crippen molar-refractivity contribution in [3.8, 4) is 0 Å². The lowest BCUT2D eigenvalue weighted by atomic mass is 10.0. The number of rotatable bonds is 41. The number of nitrogens with zero attached hydrogens (tertiary/aromatic N) is 1. The monoisotopic (exact) mass is 1230 g/mol. The van der Waals surface area contributed by atoms with E-state index in [2.05, 4.69) is 42.2 Å². The summed E-state index contributed by atoms with van der Waals surface area (Å²) in [6.45, 7) is -3.52. The SMILES string of the molecule is NC(=O)CC[C@H](NC(=O)[C@H](Cc1ccccc1)NC(=O)[C@H](CC(=O)O)NC(=O)[C@H](CO)NC(=O)[C@H](CCC(=O)O)NC(=O)[C@H](CCC(=O)O)NC(=O)[C@@H](N)CCCN=C(N)N)C(=O)N[C@@H](CO)C(=O)N[C@@H](CO)C(=O)N[C@@H](Cc1ccccc1)C(=O)O. The molecule has 0 aliphatic carbocycles. The average molecular weight is 1230 g/mol. The maximum atomic E-state index is 14.2. The number of guanidine groups is 1. The van der Waals surface area contributed by atoms with Crippen LogP contribution < -0.4 is 70.8 Å². The van der Waals surface area contributed by atoms with E-state index < -0.39 is 215 Å². The van der Waals surface area contributed by atoms with Crippen molar-refractivity contribution in [1.82, 2.24) is 47.9 Å². The number of carbonyl (C=O) groups excluding carboxylic acids is 10. The van der Waals surface area contributed by atoms with E-state index in [1.54, 1.807) is 36.4 Å². The number of aliphatic imine (C=N–C) groups is 1. The summed E-state index contributed by atoms with van der Waals surface area (Å²) in [7, 11) is 0. The van der Waals surface area contributed by atoms with Crippen LogP contribution in [0, 0.1) is 0 Å². The third-order valence-electron chi connectivity index (χ3n) is 12.4. The zero-order chi connectivity index (χ0) is 65.3. The maximum Gasteiger partial charge on any atom is 0.326 e. The molecule has 35 heteroatoms. The van der Waals surface area contributed by atoms with Gasteiger partial charge >= 0.3 is 23.9 Å². The Morgan fingerprint density at radius 1 is 0.391 bits per heavy atom. The van der Waals surface area contributed by atoms with Gasteiger partial charge in [-0.05, 0) is 43.2 Å². The average Bonchev–Trinajstić information content (AvgIpc) is 3.05. The molecule has 0 radical (unpaired) electrons. The number of primary amides is 1. The van der Waals surface area contributed by atoms with E-state index in [1.807, 2.05) is 10.6 Å². The summed E-state index contributed by atoms with van der Waals surface area (Å²) >= 11 is 0. The first kappa shape index (κ1) is 73.2. The lowest BCUT2D eigenvalue weighted by Gasteiger charge is -2.27. The molecule has 0 aliphatic rings. The highest BCUT2D eigenvalue weighted by Crippen LogP contribution is 2.10. The standard InChI is InChI=1S/C52H74N14O21/c53-28(12-7-19-57-52(55)56)42(77)58-30(14-17-39(71)72)43(78)59-31(15-18-40(73)74)45(80)64-35(23-67)48(83)62-33(22-41(75)76)47(82)61-32(20-26-8-3-1-4-9-26)46(81)60-29(13-16-38(54)70)44(79)65-37(25-69)50(85)66-36(24-68)49(84)63-34(51(86)87)21-27-10-5-2-6-11-27/h1-6,8-11,28-37,67-69H,7,12-25,53H2,(H2,54,70)(H,58,77)(H,59,78)(H,60,81)(H,61,82)(H,62,83)(H,63,84)(H,64,80)(H,65,79)(H,66,85)(H,71,72)(H,73,74)(H,75,76)(H,86,87)(H4,55,56,57)/t28-,29-,30-,31-,32-,33-,34-,35-,36-,37-/m0/s1. The van der Waals surface area contributed by atoms with Crippen molar-refractivity contribution in [2.75, 3.05) is 26.4 Å². The minimum atomic E-state index is -2.16. The second-order valence-corrected chi connectivity index (χ2v) is 19.3. The summed E-state index contributed by atoms with van der Waals surface area (Å²) in [6, 6.07) is -2.42. The lowest BCUT2D eigenvalue weighted by molar-refractivity contribution is -0.142. The molecule has 0 aliphatic heterocycles. The van der Waals surface area contributed by atoms with Gasteiger partial charge in [0.2, 0.25) is 59.1 Å². The van der Waals surface area contributed by atoms with Crippen LogP contribution in [-0.4, -0.2) is 211 Å². The number of nitrogens with two attached hydrogens (primary N) is 4. The second-order valence-electron chi connectivity index (χ2n) is 19.3. The van der Waals surface area contributed by atoms with Crippen molar-refractivity contribution in [3.63, 3.8) is 0 Å². The highest BCUT2D eigenvalue weighted by atomic mass is 16.4. The summed E-state index contributed by atoms with van der Waals surface area (Å²) in [6.07, 6.45) is -5.74. The van der Waals surface area contributed by atoms with Gasteiger partial charge in [0.05, 0.1) is 32.3 Å². The van der Waals surface area contributed by atoms with E-state index in [0.29, 0.717) is 11.1 Å². The number of amides is 10. The van der Waals surface area contributed by atoms with E-state index >= 15 is 0 Å². The number of nitrogens with one attached hydrogen (secondary N) is 9. The number of carboxylic acids is 4. The number of carboxylic acid groups (broad SMARTS) is 4. The van der Waals surface area contributed by atoms with Crippen LogP contribution in [0.5, 0.6) is 0 Å². The fraction of sp³-hybridized carbons (Fsp3) is 0.481. The Morgan fingerprint density at radius 3 is 1.08 bits per heavy atom. The minimum absolute atomic E-state index is 0.0138. The third kappa shape index (κ3) is 28.0. The normalized spacial score (nSPS) is 14.3. The molecule has 478 valence electrons. The van der Waals surface area contributed by atoms with Crippen LogP contribution in [0.25, 0.3) is 0 Å². The molecular weight excluding hydrogens is 1160 g/mol. The van der Waals surface area contributed by atoms with Gasteiger partial charge in [-0.15, -0.1) is 0 Å². The van der Waals surface area contributed by atoms with E-state index in [9.17, 15) is 103 Å². The van der Waals surface area contributed by atoms with Crippen LogP contribution in [0.3, 0.4) is 0 Å². The number of hydrogen-bond acceptors (Lipinski definition) is 19. The van der Waals surface area contributed by atoms with Crippen molar-refractivity contribution in [2.24, 2.45) is 27.9 Å². The van der Waals surface area contributed by atoms with Crippen LogP contribution in [0.4, 0.5) is 0 Å². The lowest BCUT2D eigenvalue weighted by Crippen LogP contribution is -2.61. The van der Waals surface area contributed by atoms with E-state index in [1.165, 1.54) is 24.3 Å². The van der Waals surface area contributed by atoms with Crippen LogP contribution >= 0.6 is 0 Å². The van der Waals surface area contributed by atoms with Gasteiger partial charge < -0.3 is 107 Å². The molecule has 2 aromatic carbocycles. The predicted octanol–water partition coefficient (Wildman–Crippen LogP) is -8.25. The summed E-state index contributed by atoms with van der Waals surface area (Å²) in [5.74, 6) is -18.7. The van der Waals surface area contributed by atoms with E-state index in [-0.39, 0.29) is 31.8 Å². The number of aliphatic carboxylic acids is 4. The molecule has 0 aromatic heterocycles. The Morgan fingerprint density at radius 2 is 0.713 bits per heavy atom. The molecule has 10 amide bonds. The predicted molar refractivity (Wildman–Crippen MR) is 299 cm³/mol. The highest BCUT2D eigenvalue weighted by molar-refractivity contribution is 5.99. The zero-order valence-electron chi connectivity index (χ0n) is 46.8. The smallest absolute Gasteiger partial charge is 0.326 e. The maximum absolute atomic E-state index is 14.2.